The van der Waals surface area contributed by atoms with Crippen molar-refractivity contribution in [3.63, 3.8) is 0 Å². The van der Waals surface area contributed by atoms with Crippen LogP contribution in [0.25, 0.3) is 11.1 Å². The average molecular weight is 545 g/mol. The van der Waals surface area contributed by atoms with Gasteiger partial charge in [0, 0.05) is 25.3 Å². The van der Waals surface area contributed by atoms with Gasteiger partial charge in [0.2, 0.25) is 12.3 Å². The summed E-state index contributed by atoms with van der Waals surface area (Å²) in [5.74, 6) is -0.980. The van der Waals surface area contributed by atoms with Crippen LogP contribution < -0.4 is 15.5 Å². The molecule has 1 atom stereocenters. The maximum absolute atomic E-state index is 13.0. The molecule has 0 aliphatic rings. The fourth-order valence-electron chi connectivity index (χ4n) is 4.28. The predicted molar refractivity (Wildman–Crippen MR) is 158 cm³/mol. The first-order valence-electron chi connectivity index (χ1n) is 13.7. The Morgan fingerprint density at radius 1 is 0.900 bits per heavy atom. The summed E-state index contributed by atoms with van der Waals surface area (Å²) in [6.07, 6.45) is 4.08. The Morgan fingerprint density at radius 2 is 1.62 bits per heavy atom. The van der Waals surface area contributed by atoms with Gasteiger partial charge in [0.25, 0.3) is 5.91 Å². The van der Waals surface area contributed by atoms with E-state index < -0.39 is 5.92 Å². The molecule has 40 heavy (non-hydrogen) atoms. The third-order valence-electron chi connectivity index (χ3n) is 6.62. The van der Waals surface area contributed by atoms with E-state index in [1.165, 1.54) is 5.06 Å². The Morgan fingerprint density at radius 3 is 2.33 bits per heavy atom. The van der Waals surface area contributed by atoms with Crippen LogP contribution in [0.3, 0.4) is 0 Å². The molecule has 0 bridgehead atoms. The second-order valence-corrected chi connectivity index (χ2v) is 9.91. The number of rotatable bonds is 16. The SMILES string of the molecule is CCCCC[C@H](CN(C=O)OCc1ccccc1)C(=O)NCNC(=O)c1cccc(-c2cccc(N(C)C)c2)c1. The van der Waals surface area contributed by atoms with E-state index in [2.05, 4.69) is 23.6 Å². The zero-order valence-electron chi connectivity index (χ0n) is 23.6. The van der Waals surface area contributed by atoms with Gasteiger partial charge in [0.05, 0.1) is 19.1 Å². The van der Waals surface area contributed by atoms with Gasteiger partial charge in [0.1, 0.15) is 6.61 Å². The van der Waals surface area contributed by atoms with Gasteiger partial charge in [0.15, 0.2) is 0 Å². The maximum Gasteiger partial charge on any atom is 0.252 e. The molecule has 3 amide bonds. The van der Waals surface area contributed by atoms with Crippen LogP contribution in [0.2, 0.25) is 0 Å². The van der Waals surface area contributed by atoms with Crippen LogP contribution in [0.4, 0.5) is 5.69 Å². The first kappa shape index (κ1) is 30.4. The van der Waals surface area contributed by atoms with Crippen LogP contribution in [0.1, 0.15) is 48.5 Å². The normalized spacial score (nSPS) is 11.4. The van der Waals surface area contributed by atoms with Crippen LogP contribution in [-0.2, 0) is 21.0 Å². The first-order valence-corrected chi connectivity index (χ1v) is 13.7. The first-order chi connectivity index (χ1) is 19.4. The number of benzene rings is 3. The minimum absolute atomic E-state index is 0.0196. The molecule has 0 radical (unpaired) electrons. The summed E-state index contributed by atoms with van der Waals surface area (Å²) in [5.41, 5.74) is 4.45. The second kappa shape index (κ2) is 16.1. The number of amides is 3. The Bertz CT molecular complexity index is 1230. The van der Waals surface area contributed by atoms with Gasteiger partial charge in [-0.2, -0.15) is 0 Å². The van der Waals surface area contributed by atoms with Crippen LogP contribution in [0, 0.1) is 5.92 Å². The van der Waals surface area contributed by atoms with Gasteiger partial charge in [-0.25, -0.2) is 5.06 Å². The summed E-state index contributed by atoms with van der Waals surface area (Å²) in [5, 5.41) is 6.77. The molecular formula is C32H40N4O4. The molecule has 0 saturated carbocycles. The van der Waals surface area contributed by atoms with Crippen molar-refractivity contribution in [2.75, 3.05) is 32.2 Å². The fraction of sp³-hybridized carbons (Fsp3) is 0.344. The van der Waals surface area contributed by atoms with Crippen molar-refractivity contribution < 1.29 is 19.2 Å². The lowest BCUT2D eigenvalue weighted by Gasteiger charge is -2.23. The molecule has 0 aliphatic heterocycles. The number of hydrogen-bond donors (Lipinski definition) is 2. The number of anilines is 1. The summed E-state index contributed by atoms with van der Waals surface area (Å²) in [6.45, 7) is 2.44. The van der Waals surface area contributed by atoms with Crippen LogP contribution in [0.15, 0.2) is 78.9 Å². The lowest BCUT2D eigenvalue weighted by Crippen LogP contribution is -2.43. The molecule has 3 aromatic rings. The molecule has 0 saturated heterocycles. The Kier molecular flexibility index (Phi) is 12.2. The minimum atomic E-state index is -0.461. The van der Waals surface area contributed by atoms with Gasteiger partial charge in [-0.05, 0) is 47.4 Å². The topological polar surface area (TPSA) is 91.0 Å². The van der Waals surface area contributed by atoms with Crippen molar-refractivity contribution in [2.45, 2.75) is 39.2 Å². The van der Waals surface area contributed by atoms with Gasteiger partial charge in [-0.15, -0.1) is 0 Å². The van der Waals surface area contributed by atoms with Crippen molar-refractivity contribution >= 4 is 23.9 Å². The third kappa shape index (κ3) is 9.54. The molecule has 0 unspecified atom stereocenters. The summed E-state index contributed by atoms with van der Waals surface area (Å²) < 4.78 is 0. The van der Waals surface area contributed by atoms with Gasteiger partial charge >= 0.3 is 0 Å². The van der Waals surface area contributed by atoms with E-state index in [0.717, 1.165) is 41.6 Å². The highest BCUT2D eigenvalue weighted by molar-refractivity contribution is 5.95. The van der Waals surface area contributed by atoms with E-state index in [1.54, 1.807) is 6.07 Å². The third-order valence-corrected chi connectivity index (χ3v) is 6.62. The summed E-state index contributed by atoms with van der Waals surface area (Å²) in [7, 11) is 3.97. The highest BCUT2D eigenvalue weighted by Crippen LogP contribution is 2.24. The quantitative estimate of drug-likeness (QED) is 0.115. The molecule has 3 aromatic carbocycles. The van der Waals surface area contributed by atoms with E-state index >= 15 is 0 Å². The van der Waals surface area contributed by atoms with E-state index in [0.29, 0.717) is 18.4 Å². The van der Waals surface area contributed by atoms with E-state index in [-0.39, 0.29) is 31.6 Å². The maximum atomic E-state index is 13.0. The number of carbonyl (C=O) groups excluding carboxylic acids is 3. The number of nitrogens with zero attached hydrogens (tertiary/aromatic N) is 2. The van der Waals surface area contributed by atoms with Crippen molar-refractivity contribution in [1.29, 1.82) is 0 Å². The van der Waals surface area contributed by atoms with Crippen LogP contribution in [0.5, 0.6) is 0 Å². The molecule has 0 heterocycles. The lowest BCUT2D eigenvalue weighted by molar-refractivity contribution is -0.182. The average Bonchev–Trinajstić information content (AvgIpc) is 2.99. The molecule has 212 valence electrons. The van der Waals surface area contributed by atoms with Crippen molar-refractivity contribution in [3.8, 4) is 11.1 Å². The van der Waals surface area contributed by atoms with E-state index in [1.807, 2.05) is 85.7 Å². The Hall–Kier alpha value is -4.17. The zero-order chi connectivity index (χ0) is 28.7. The van der Waals surface area contributed by atoms with Crippen molar-refractivity contribution in [3.05, 3.63) is 90.0 Å². The summed E-state index contributed by atoms with van der Waals surface area (Å²) in [6, 6.07) is 25.0. The fourth-order valence-corrected chi connectivity index (χ4v) is 4.28. The molecular weight excluding hydrogens is 504 g/mol. The summed E-state index contributed by atoms with van der Waals surface area (Å²) >= 11 is 0. The van der Waals surface area contributed by atoms with Crippen molar-refractivity contribution in [2.24, 2.45) is 5.92 Å². The van der Waals surface area contributed by atoms with E-state index in [4.69, 9.17) is 4.84 Å². The van der Waals surface area contributed by atoms with E-state index in [9.17, 15) is 14.4 Å². The smallest absolute Gasteiger partial charge is 0.252 e. The zero-order valence-corrected chi connectivity index (χ0v) is 23.6. The second-order valence-electron chi connectivity index (χ2n) is 9.91. The van der Waals surface area contributed by atoms with Crippen LogP contribution in [-0.4, -0.2) is 50.6 Å². The molecule has 8 nitrogen and oxygen atoms in total. The number of nitrogens with one attached hydrogen (secondary N) is 2. The van der Waals surface area contributed by atoms with Crippen LogP contribution >= 0.6 is 0 Å². The monoisotopic (exact) mass is 544 g/mol. The number of carbonyl (C=O) groups is 3. The summed E-state index contributed by atoms with van der Waals surface area (Å²) in [4.78, 5) is 45.2. The molecule has 0 spiro atoms. The van der Waals surface area contributed by atoms with Gasteiger partial charge in [-0.1, -0.05) is 80.8 Å². The van der Waals surface area contributed by atoms with Crippen molar-refractivity contribution in [1.82, 2.24) is 15.7 Å². The highest BCUT2D eigenvalue weighted by atomic mass is 16.7. The minimum Gasteiger partial charge on any atom is -0.378 e. The predicted octanol–water partition coefficient (Wildman–Crippen LogP) is 5.01. The standard InChI is InChI=1S/C32H40N4O4/c1-4-5-7-14-29(21-36(24-37)40-22-25-12-8-6-9-13-25)32(39)34-23-33-31(38)28-17-10-15-26(19-28)27-16-11-18-30(20-27)35(2)3/h6,8-13,15-20,24,29H,4-5,7,14,21-23H2,1-3H3,(H,33,38)(H,34,39)/t29-/m1/s1. The largest absolute Gasteiger partial charge is 0.378 e. The number of hydrogen-bond acceptors (Lipinski definition) is 5. The molecule has 0 aliphatic carbocycles. The molecule has 2 N–H and O–H groups in total. The lowest BCUT2D eigenvalue weighted by atomic mass is 10.00. The Balaban J connectivity index is 1.56. The van der Waals surface area contributed by atoms with Gasteiger partial charge in [-0.3, -0.25) is 19.2 Å². The molecule has 8 heteroatoms. The number of unbranched alkanes of at least 4 members (excludes halogenated alkanes) is 2. The van der Waals surface area contributed by atoms with Gasteiger partial charge < -0.3 is 15.5 Å². The molecule has 0 fully saturated rings. The molecule has 3 rings (SSSR count). The highest BCUT2D eigenvalue weighted by Gasteiger charge is 2.22. The number of hydroxylamine groups is 2. The Labute approximate surface area is 237 Å². The molecule has 0 aromatic heterocycles.